The molecule has 0 amide bonds. The largest absolute Gasteiger partial charge is 0.256 e. The van der Waals surface area contributed by atoms with Gasteiger partial charge in [0.25, 0.3) is 0 Å². The van der Waals surface area contributed by atoms with Crippen LogP contribution in [0.25, 0.3) is 11.3 Å². The van der Waals surface area contributed by atoms with Crippen LogP contribution in [0.15, 0.2) is 54.7 Å². The van der Waals surface area contributed by atoms with Crippen LogP contribution >= 0.6 is 0 Å². The molecule has 1 heterocycles. The van der Waals surface area contributed by atoms with Crippen molar-refractivity contribution in [1.29, 1.82) is 0 Å². The zero-order valence-electron chi connectivity index (χ0n) is 6.64. The molecule has 64 valence electrons. The van der Waals surface area contributed by atoms with Crippen molar-refractivity contribution in [3.8, 4) is 11.3 Å². The van der Waals surface area contributed by atoms with Gasteiger partial charge in [-0.2, -0.15) is 0 Å². The molecule has 1 aromatic carbocycles. The van der Waals surface area contributed by atoms with Gasteiger partial charge in [-0.1, -0.05) is 36.4 Å². The Labute approximate surface area is 88.6 Å². The third-order valence-corrected chi connectivity index (χ3v) is 1.73. The molecule has 1 aromatic heterocycles. The summed E-state index contributed by atoms with van der Waals surface area (Å²) >= 11 is 0. The predicted octanol–water partition coefficient (Wildman–Crippen LogP) is 1.56. The smallest absolute Gasteiger partial charge is 0.187 e. The van der Waals surface area contributed by atoms with Crippen molar-refractivity contribution in [3.05, 3.63) is 54.7 Å². The van der Waals surface area contributed by atoms with E-state index in [2.05, 4.69) is 17.1 Å². The van der Waals surface area contributed by atoms with Crippen LogP contribution in [0.3, 0.4) is 0 Å². The molecule has 0 aliphatic rings. The second kappa shape index (κ2) is 4.81. The first kappa shape index (κ1) is 9.99. The highest BCUT2D eigenvalue weighted by Crippen LogP contribution is 2.14. The Morgan fingerprint density at radius 2 is 1.46 bits per heavy atom. The summed E-state index contributed by atoms with van der Waals surface area (Å²) in [7, 11) is 0. The molecular formula is C11H12AlN. The molecule has 0 fully saturated rings. The Kier molecular flexibility index (Phi) is 3.70. The molecule has 0 spiro atoms. The Morgan fingerprint density at radius 1 is 0.769 bits per heavy atom. The summed E-state index contributed by atoms with van der Waals surface area (Å²) in [6, 6.07) is 16.1. The summed E-state index contributed by atoms with van der Waals surface area (Å²) in [5.41, 5.74) is 2.19. The van der Waals surface area contributed by atoms with Crippen LogP contribution in [0.1, 0.15) is 0 Å². The molecule has 0 saturated carbocycles. The van der Waals surface area contributed by atoms with Gasteiger partial charge in [0.2, 0.25) is 0 Å². The number of aromatic nitrogens is 1. The van der Waals surface area contributed by atoms with Gasteiger partial charge < -0.3 is 0 Å². The molecule has 0 N–H and O–H groups in total. The van der Waals surface area contributed by atoms with Gasteiger partial charge >= 0.3 is 0 Å². The maximum absolute atomic E-state index is 4.25. The first-order valence-electron chi connectivity index (χ1n) is 3.93. The Bertz CT molecular complexity index is 307. The minimum atomic E-state index is 0. The molecule has 0 radical (unpaired) electrons. The van der Waals surface area contributed by atoms with E-state index < -0.39 is 0 Å². The molecule has 2 heteroatoms. The maximum atomic E-state index is 4.25. The normalized spacial score (nSPS) is 8.92. The molecule has 0 aliphatic carbocycles. The molecule has 0 bridgehead atoms. The van der Waals surface area contributed by atoms with Crippen molar-refractivity contribution in [3.63, 3.8) is 0 Å². The van der Waals surface area contributed by atoms with E-state index in [4.69, 9.17) is 0 Å². The Balaban J connectivity index is 0.000000845. The second-order valence-corrected chi connectivity index (χ2v) is 2.58. The lowest BCUT2D eigenvalue weighted by atomic mass is 10.1. The Hall–Kier alpha value is -1.10. The number of hydrogen-bond acceptors (Lipinski definition) is 1. The second-order valence-electron chi connectivity index (χ2n) is 2.58. The highest BCUT2D eigenvalue weighted by Gasteiger charge is 1.93. The van der Waals surface area contributed by atoms with E-state index in [1.165, 1.54) is 0 Å². The lowest BCUT2D eigenvalue weighted by Crippen LogP contribution is -1.79. The number of rotatable bonds is 1. The van der Waals surface area contributed by atoms with Crippen LogP contribution in [0.4, 0.5) is 0 Å². The molecule has 0 atom stereocenters. The van der Waals surface area contributed by atoms with E-state index in [-0.39, 0.29) is 17.4 Å². The highest BCUT2D eigenvalue weighted by molar-refractivity contribution is 5.75. The van der Waals surface area contributed by atoms with Gasteiger partial charge in [0.15, 0.2) is 17.4 Å². The fraction of sp³-hybridized carbons (Fsp3) is 0. The zero-order valence-corrected chi connectivity index (χ0v) is 6.64. The van der Waals surface area contributed by atoms with Gasteiger partial charge in [-0.05, 0) is 12.1 Å². The van der Waals surface area contributed by atoms with E-state index in [9.17, 15) is 0 Å². The topological polar surface area (TPSA) is 12.9 Å². The summed E-state index contributed by atoms with van der Waals surface area (Å²) in [4.78, 5) is 4.25. The minimum Gasteiger partial charge on any atom is -0.256 e. The van der Waals surface area contributed by atoms with Crippen LogP contribution in [0.5, 0.6) is 0 Å². The molecule has 2 aromatic rings. The quantitative estimate of drug-likeness (QED) is 0.614. The van der Waals surface area contributed by atoms with Crippen molar-refractivity contribution >= 4 is 17.4 Å². The van der Waals surface area contributed by atoms with E-state index >= 15 is 0 Å². The van der Waals surface area contributed by atoms with Crippen molar-refractivity contribution in [1.82, 2.24) is 4.98 Å². The van der Waals surface area contributed by atoms with Crippen LogP contribution in [-0.4, -0.2) is 22.3 Å². The average molecular weight is 185 g/mol. The summed E-state index contributed by atoms with van der Waals surface area (Å²) < 4.78 is 0. The third-order valence-electron chi connectivity index (χ3n) is 1.73. The number of pyridine rings is 1. The van der Waals surface area contributed by atoms with Gasteiger partial charge in [-0.25, -0.2) is 0 Å². The van der Waals surface area contributed by atoms with Gasteiger partial charge in [0.05, 0.1) is 5.69 Å². The number of benzene rings is 1. The third kappa shape index (κ3) is 2.42. The number of nitrogens with zero attached hydrogens (tertiary/aromatic N) is 1. The lowest BCUT2D eigenvalue weighted by Gasteiger charge is -1.97. The standard InChI is InChI=1S/C11H9N.Al.3H/c1-2-6-10(7-3-1)11-8-4-5-9-12-11;;;;/h1-9H;;;;. The zero-order chi connectivity index (χ0) is 8.23. The summed E-state index contributed by atoms with van der Waals surface area (Å²) in [6.07, 6.45) is 1.81. The predicted molar refractivity (Wildman–Crippen MR) is 59.6 cm³/mol. The van der Waals surface area contributed by atoms with Gasteiger partial charge in [0, 0.05) is 11.8 Å². The van der Waals surface area contributed by atoms with E-state index in [1.807, 2.05) is 42.6 Å². The fourth-order valence-electron chi connectivity index (χ4n) is 1.14. The van der Waals surface area contributed by atoms with E-state index in [1.54, 1.807) is 0 Å². The SMILES string of the molecule is [AlH3].c1ccc(-c2ccccn2)cc1. The van der Waals surface area contributed by atoms with E-state index in [0.29, 0.717) is 0 Å². The van der Waals surface area contributed by atoms with Crippen LogP contribution in [0.2, 0.25) is 0 Å². The van der Waals surface area contributed by atoms with Crippen molar-refractivity contribution in [2.75, 3.05) is 0 Å². The summed E-state index contributed by atoms with van der Waals surface area (Å²) in [6.45, 7) is 0. The van der Waals surface area contributed by atoms with Gasteiger partial charge in [0.1, 0.15) is 0 Å². The molecule has 1 nitrogen and oxygen atoms in total. The van der Waals surface area contributed by atoms with Crippen LogP contribution in [-0.2, 0) is 0 Å². The van der Waals surface area contributed by atoms with Crippen molar-refractivity contribution in [2.45, 2.75) is 0 Å². The molecular weight excluding hydrogens is 173 g/mol. The first-order chi connectivity index (χ1) is 5.97. The fourth-order valence-corrected chi connectivity index (χ4v) is 1.14. The maximum Gasteiger partial charge on any atom is 0.187 e. The van der Waals surface area contributed by atoms with E-state index in [0.717, 1.165) is 11.3 Å². The molecule has 2 rings (SSSR count). The first-order valence-corrected chi connectivity index (χ1v) is 3.93. The summed E-state index contributed by atoms with van der Waals surface area (Å²) in [5.74, 6) is 0. The van der Waals surface area contributed by atoms with Gasteiger partial charge in [-0.3, -0.25) is 4.98 Å². The van der Waals surface area contributed by atoms with Crippen LogP contribution < -0.4 is 0 Å². The molecule has 0 saturated heterocycles. The molecule has 13 heavy (non-hydrogen) atoms. The number of hydrogen-bond donors (Lipinski definition) is 0. The Morgan fingerprint density at radius 3 is 2.08 bits per heavy atom. The molecule has 0 aliphatic heterocycles. The van der Waals surface area contributed by atoms with Crippen molar-refractivity contribution in [2.24, 2.45) is 0 Å². The lowest BCUT2D eigenvalue weighted by molar-refractivity contribution is 1.33. The van der Waals surface area contributed by atoms with Crippen LogP contribution in [0, 0.1) is 0 Å². The average Bonchev–Trinajstić information content (AvgIpc) is 2.21. The minimum absolute atomic E-state index is 0. The monoisotopic (exact) mass is 185 g/mol. The molecule has 0 unspecified atom stereocenters. The highest BCUT2D eigenvalue weighted by atomic mass is 27.0. The van der Waals surface area contributed by atoms with Gasteiger partial charge in [-0.15, -0.1) is 0 Å². The summed E-state index contributed by atoms with van der Waals surface area (Å²) in [5, 5.41) is 0. The van der Waals surface area contributed by atoms with Crippen molar-refractivity contribution < 1.29 is 0 Å².